The lowest BCUT2D eigenvalue weighted by molar-refractivity contribution is 0.111. The molecule has 3 heteroatoms. The van der Waals surface area contributed by atoms with Gasteiger partial charge in [0.25, 0.3) is 0 Å². The number of aldehydes is 1. The lowest BCUT2D eigenvalue weighted by Gasteiger charge is -2.08. The van der Waals surface area contributed by atoms with Gasteiger partial charge >= 0.3 is 0 Å². The average molecular weight is 206 g/mol. The molecule has 1 aromatic rings. The van der Waals surface area contributed by atoms with Crippen molar-refractivity contribution < 1.29 is 14.3 Å². The van der Waals surface area contributed by atoms with E-state index in [9.17, 15) is 4.79 Å². The maximum atomic E-state index is 10.9. The van der Waals surface area contributed by atoms with Crippen LogP contribution >= 0.6 is 0 Å². The Bertz CT molecular complexity index is 385. The number of carbonyl (C=O) groups is 1. The van der Waals surface area contributed by atoms with Gasteiger partial charge in [-0.15, -0.1) is 0 Å². The van der Waals surface area contributed by atoms with E-state index in [1.807, 2.05) is 19.9 Å². The maximum absolute atomic E-state index is 10.9. The quantitative estimate of drug-likeness (QED) is 0.711. The molecule has 0 N–H and O–H groups in total. The third-order valence-corrected chi connectivity index (χ3v) is 2.43. The van der Waals surface area contributed by atoms with Crippen LogP contribution in [0.1, 0.15) is 29.8 Å². The number of carbonyl (C=O) groups excluding carboxylic acids is 1. The molecule has 0 amide bonds. The summed E-state index contributed by atoms with van der Waals surface area (Å²) in [5.41, 5.74) is 1.65. The molecule has 3 nitrogen and oxygen atoms in total. The van der Waals surface area contributed by atoms with Gasteiger partial charge in [0.1, 0.15) is 17.6 Å². The third-order valence-electron chi connectivity index (χ3n) is 2.43. The average Bonchev–Trinajstić information content (AvgIpc) is 2.57. The highest BCUT2D eigenvalue weighted by atomic mass is 16.5. The predicted molar refractivity (Wildman–Crippen MR) is 56.8 cm³/mol. The van der Waals surface area contributed by atoms with E-state index in [2.05, 4.69) is 0 Å². The van der Waals surface area contributed by atoms with Gasteiger partial charge in [0.15, 0.2) is 6.29 Å². The number of benzene rings is 1. The Labute approximate surface area is 89.0 Å². The highest BCUT2D eigenvalue weighted by molar-refractivity contribution is 5.81. The number of hydrogen-bond donors (Lipinski definition) is 0. The van der Waals surface area contributed by atoms with Crippen molar-refractivity contribution in [2.45, 2.75) is 26.4 Å². The normalized spacial score (nSPS) is 18.1. The summed E-state index contributed by atoms with van der Waals surface area (Å²) in [4.78, 5) is 10.9. The van der Waals surface area contributed by atoms with Crippen LogP contribution in [0.2, 0.25) is 0 Å². The van der Waals surface area contributed by atoms with Crippen molar-refractivity contribution in [1.29, 1.82) is 0 Å². The molecule has 1 atom stereocenters. The molecule has 0 bridgehead atoms. The van der Waals surface area contributed by atoms with E-state index in [1.165, 1.54) is 0 Å². The molecule has 0 saturated carbocycles. The van der Waals surface area contributed by atoms with Crippen molar-refractivity contribution in [3.8, 4) is 11.5 Å². The molecule has 0 radical (unpaired) electrons. The Hall–Kier alpha value is -1.51. The van der Waals surface area contributed by atoms with Gasteiger partial charge in [-0.3, -0.25) is 4.79 Å². The highest BCUT2D eigenvalue weighted by Gasteiger charge is 2.23. The summed E-state index contributed by atoms with van der Waals surface area (Å²) < 4.78 is 11.0. The Morgan fingerprint density at radius 1 is 1.60 bits per heavy atom. The van der Waals surface area contributed by atoms with Gasteiger partial charge in [0.05, 0.1) is 12.2 Å². The predicted octanol–water partition coefficient (Wildman–Crippen LogP) is 2.22. The zero-order chi connectivity index (χ0) is 10.8. The van der Waals surface area contributed by atoms with E-state index in [-0.39, 0.29) is 6.10 Å². The first-order valence-electron chi connectivity index (χ1n) is 5.16. The molecule has 0 aliphatic carbocycles. The second kappa shape index (κ2) is 3.93. The molecule has 0 saturated heterocycles. The van der Waals surface area contributed by atoms with E-state index >= 15 is 0 Å². The fourth-order valence-corrected chi connectivity index (χ4v) is 1.87. The largest absolute Gasteiger partial charge is 0.494 e. The number of rotatable bonds is 3. The molecular weight excluding hydrogens is 192 g/mol. The molecule has 15 heavy (non-hydrogen) atoms. The van der Waals surface area contributed by atoms with Gasteiger partial charge in [-0.1, -0.05) is 0 Å². The summed E-state index contributed by atoms with van der Waals surface area (Å²) in [5, 5.41) is 0. The summed E-state index contributed by atoms with van der Waals surface area (Å²) in [7, 11) is 0. The van der Waals surface area contributed by atoms with Gasteiger partial charge in [-0.05, 0) is 26.0 Å². The Morgan fingerprint density at radius 3 is 3.07 bits per heavy atom. The molecular formula is C12H14O3. The molecule has 0 spiro atoms. The van der Waals surface area contributed by atoms with Crippen LogP contribution in [0, 0.1) is 0 Å². The van der Waals surface area contributed by atoms with E-state index in [1.54, 1.807) is 6.07 Å². The van der Waals surface area contributed by atoms with Crippen LogP contribution in [0.25, 0.3) is 0 Å². The van der Waals surface area contributed by atoms with Gasteiger partial charge in [-0.2, -0.15) is 0 Å². The Kier molecular flexibility index (Phi) is 2.62. The first-order valence-corrected chi connectivity index (χ1v) is 5.16. The molecule has 1 aliphatic heterocycles. The molecule has 1 aliphatic rings. The van der Waals surface area contributed by atoms with Crippen LogP contribution in [0.15, 0.2) is 12.1 Å². The second-order valence-corrected chi connectivity index (χ2v) is 3.68. The van der Waals surface area contributed by atoms with Crippen LogP contribution in [0.4, 0.5) is 0 Å². The molecule has 1 heterocycles. The van der Waals surface area contributed by atoms with E-state index in [4.69, 9.17) is 9.47 Å². The van der Waals surface area contributed by atoms with Crippen molar-refractivity contribution in [3.05, 3.63) is 23.3 Å². The third kappa shape index (κ3) is 1.82. The van der Waals surface area contributed by atoms with Crippen molar-refractivity contribution in [2.24, 2.45) is 0 Å². The van der Waals surface area contributed by atoms with Crippen molar-refractivity contribution in [1.82, 2.24) is 0 Å². The van der Waals surface area contributed by atoms with Crippen LogP contribution in [-0.4, -0.2) is 19.0 Å². The minimum Gasteiger partial charge on any atom is -0.494 e. The van der Waals surface area contributed by atoms with Crippen molar-refractivity contribution in [3.63, 3.8) is 0 Å². The fourth-order valence-electron chi connectivity index (χ4n) is 1.87. The zero-order valence-corrected chi connectivity index (χ0v) is 8.95. The van der Waals surface area contributed by atoms with Gasteiger partial charge in [0.2, 0.25) is 0 Å². The van der Waals surface area contributed by atoms with Crippen molar-refractivity contribution >= 4 is 6.29 Å². The van der Waals surface area contributed by atoms with Crippen LogP contribution in [-0.2, 0) is 6.42 Å². The molecule has 0 unspecified atom stereocenters. The molecule has 0 fully saturated rings. The molecule has 1 aromatic carbocycles. The minimum atomic E-state index is 0.149. The second-order valence-electron chi connectivity index (χ2n) is 3.68. The summed E-state index contributed by atoms with van der Waals surface area (Å²) in [6, 6.07) is 3.68. The number of fused-ring (bicyclic) bond motifs is 1. The molecule has 2 rings (SSSR count). The minimum absolute atomic E-state index is 0.149. The van der Waals surface area contributed by atoms with Gasteiger partial charge in [0, 0.05) is 12.0 Å². The van der Waals surface area contributed by atoms with E-state index < -0.39 is 0 Å². The zero-order valence-electron chi connectivity index (χ0n) is 8.95. The first-order chi connectivity index (χ1) is 7.24. The van der Waals surface area contributed by atoms with Crippen LogP contribution in [0.3, 0.4) is 0 Å². The summed E-state index contributed by atoms with van der Waals surface area (Å²) in [5.74, 6) is 1.47. The topological polar surface area (TPSA) is 35.5 Å². The monoisotopic (exact) mass is 206 g/mol. The lowest BCUT2D eigenvalue weighted by Crippen LogP contribution is -2.05. The van der Waals surface area contributed by atoms with E-state index in [0.29, 0.717) is 12.2 Å². The van der Waals surface area contributed by atoms with Gasteiger partial charge in [-0.25, -0.2) is 0 Å². The SMILES string of the molecule is CCOc1cc(C=O)c2c(c1)C[C@H](C)O2. The van der Waals surface area contributed by atoms with Gasteiger partial charge < -0.3 is 9.47 Å². The smallest absolute Gasteiger partial charge is 0.153 e. The molecule has 0 aromatic heterocycles. The first kappa shape index (κ1) is 10.0. The lowest BCUT2D eigenvalue weighted by atomic mass is 10.1. The van der Waals surface area contributed by atoms with Crippen LogP contribution < -0.4 is 9.47 Å². The summed E-state index contributed by atoms with van der Waals surface area (Å²) >= 11 is 0. The maximum Gasteiger partial charge on any atom is 0.153 e. The van der Waals surface area contributed by atoms with Crippen molar-refractivity contribution in [2.75, 3.05) is 6.61 Å². The highest BCUT2D eigenvalue weighted by Crippen LogP contribution is 2.35. The summed E-state index contributed by atoms with van der Waals surface area (Å²) in [6.45, 7) is 4.52. The number of ether oxygens (including phenoxy) is 2. The summed E-state index contributed by atoms with van der Waals surface area (Å²) in [6.07, 6.45) is 1.81. The Morgan fingerprint density at radius 2 is 2.40 bits per heavy atom. The molecule has 80 valence electrons. The van der Waals surface area contributed by atoms with Crippen LogP contribution in [0.5, 0.6) is 11.5 Å². The number of hydrogen-bond acceptors (Lipinski definition) is 3. The fraction of sp³-hybridized carbons (Fsp3) is 0.417. The standard InChI is InChI=1S/C12H14O3/c1-3-14-11-5-9-4-8(2)15-12(9)10(6-11)7-13/h5-8H,3-4H2,1-2H3/t8-/m0/s1. The Balaban J connectivity index is 2.42. The van der Waals surface area contributed by atoms with E-state index in [0.717, 1.165) is 29.8 Å².